The number of sulfone groups is 1. The molecule has 1 N–H and O–H groups in total. The first-order valence-corrected chi connectivity index (χ1v) is 11.6. The summed E-state index contributed by atoms with van der Waals surface area (Å²) in [6.45, 7) is 4.70. The largest absolute Gasteiger partial charge is 0.379 e. The summed E-state index contributed by atoms with van der Waals surface area (Å²) >= 11 is 6.12. The monoisotopic (exact) mass is 562 g/mol. The molecule has 2 rings (SSSR count). The van der Waals surface area contributed by atoms with Crippen molar-refractivity contribution >= 4 is 51.4 Å². The van der Waals surface area contributed by atoms with E-state index in [1.807, 2.05) is 0 Å². The Labute approximate surface area is 194 Å². The van der Waals surface area contributed by atoms with Gasteiger partial charge >= 0.3 is 0 Å². The van der Waals surface area contributed by atoms with Crippen molar-refractivity contribution in [2.75, 3.05) is 65.0 Å². The molecule has 1 aromatic rings. The predicted octanol–water partition coefficient (Wildman–Crippen LogP) is 1.85. The number of halogens is 3. The van der Waals surface area contributed by atoms with Crippen LogP contribution in [0.25, 0.3) is 0 Å². The van der Waals surface area contributed by atoms with Crippen molar-refractivity contribution in [2.45, 2.75) is 6.54 Å². The number of hydrogen-bond acceptors (Lipinski definition) is 5. The standard InChI is InChI=1S/C18H28ClFN4O3S.HI/c1-21-18(22-6-11-27-12-13-28(2,25)26)24-9-7-23(8-10-24)14-15-16(19)4-3-5-17(15)20;/h3-5H,6-14H2,1-2H3,(H,21,22);1H. The zero-order valence-corrected chi connectivity index (χ0v) is 20.6. The molecule has 1 aliphatic rings. The van der Waals surface area contributed by atoms with Crippen LogP contribution in [-0.2, 0) is 21.1 Å². The smallest absolute Gasteiger partial charge is 0.193 e. The first-order valence-electron chi connectivity index (χ1n) is 9.16. The molecule has 0 spiro atoms. The first kappa shape index (κ1) is 26.3. The van der Waals surface area contributed by atoms with Gasteiger partial charge in [0, 0.05) is 63.2 Å². The van der Waals surface area contributed by atoms with E-state index < -0.39 is 9.84 Å². The number of piperazine rings is 1. The van der Waals surface area contributed by atoms with E-state index in [0.29, 0.717) is 30.3 Å². The Bertz CT molecular complexity index is 754. The van der Waals surface area contributed by atoms with Gasteiger partial charge in [0.1, 0.15) is 15.7 Å². The molecule has 1 fully saturated rings. The fourth-order valence-electron chi connectivity index (χ4n) is 2.90. The molecule has 29 heavy (non-hydrogen) atoms. The van der Waals surface area contributed by atoms with E-state index >= 15 is 0 Å². The van der Waals surface area contributed by atoms with Gasteiger partial charge in [-0.1, -0.05) is 17.7 Å². The van der Waals surface area contributed by atoms with E-state index in [2.05, 4.69) is 20.1 Å². The van der Waals surface area contributed by atoms with Gasteiger partial charge in [-0.3, -0.25) is 9.89 Å². The summed E-state index contributed by atoms with van der Waals surface area (Å²) in [7, 11) is -1.28. The number of hydrogen-bond donors (Lipinski definition) is 1. The van der Waals surface area contributed by atoms with E-state index in [-0.39, 0.29) is 42.2 Å². The van der Waals surface area contributed by atoms with Gasteiger partial charge in [-0.25, -0.2) is 12.8 Å². The maximum atomic E-state index is 14.0. The highest BCUT2D eigenvalue weighted by Crippen LogP contribution is 2.21. The molecule has 0 atom stereocenters. The molecule has 1 heterocycles. The number of aliphatic imine (C=N–C) groups is 1. The Balaban J connectivity index is 0.00000420. The molecule has 1 saturated heterocycles. The highest BCUT2D eigenvalue weighted by molar-refractivity contribution is 14.0. The van der Waals surface area contributed by atoms with Gasteiger partial charge in [0.25, 0.3) is 0 Å². The SMILES string of the molecule is CN=C(NCCOCCS(C)(=O)=O)N1CCN(Cc2c(F)cccc2Cl)CC1.I. The predicted molar refractivity (Wildman–Crippen MR) is 126 cm³/mol. The fourth-order valence-corrected chi connectivity index (χ4v) is 3.55. The van der Waals surface area contributed by atoms with Crippen LogP contribution in [0, 0.1) is 5.82 Å². The summed E-state index contributed by atoms with van der Waals surface area (Å²) in [5, 5.41) is 3.68. The van der Waals surface area contributed by atoms with Crippen LogP contribution in [0.5, 0.6) is 0 Å². The normalized spacial score (nSPS) is 15.9. The minimum atomic E-state index is -3.00. The van der Waals surface area contributed by atoms with Gasteiger partial charge in [0.2, 0.25) is 0 Å². The Morgan fingerprint density at radius 3 is 2.55 bits per heavy atom. The van der Waals surface area contributed by atoms with Crippen LogP contribution in [0.4, 0.5) is 4.39 Å². The lowest BCUT2D eigenvalue weighted by atomic mass is 10.2. The summed E-state index contributed by atoms with van der Waals surface area (Å²) in [5.41, 5.74) is 0.534. The lowest BCUT2D eigenvalue weighted by Crippen LogP contribution is -2.52. The van der Waals surface area contributed by atoms with Crippen LogP contribution in [0.2, 0.25) is 5.02 Å². The molecule has 166 valence electrons. The summed E-state index contributed by atoms with van der Waals surface area (Å²) in [6, 6.07) is 4.75. The highest BCUT2D eigenvalue weighted by atomic mass is 127. The lowest BCUT2D eigenvalue weighted by Gasteiger charge is -2.36. The van der Waals surface area contributed by atoms with E-state index in [1.165, 1.54) is 12.3 Å². The minimum Gasteiger partial charge on any atom is -0.379 e. The average Bonchev–Trinajstić information content (AvgIpc) is 2.64. The number of guanidine groups is 1. The van der Waals surface area contributed by atoms with Crippen LogP contribution < -0.4 is 5.32 Å². The van der Waals surface area contributed by atoms with Gasteiger partial charge in [0.05, 0.1) is 19.0 Å². The van der Waals surface area contributed by atoms with Crippen LogP contribution >= 0.6 is 35.6 Å². The van der Waals surface area contributed by atoms with Crippen molar-refractivity contribution in [3.8, 4) is 0 Å². The van der Waals surface area contributed by atoms with E-state index in [4.69, 9.17) is 16.3 Å². The molecule has 11 heteroatoms. The number of nitrogens with zero attached hydrogens (tertiary/aromatic N) is 3. The maximum absolute atomic E-state index is 14.0. The molecule has 0 aliphatic carbocycles. The van der Waals surface area contributed by atoms with E-state index in [0.717, 1.165) is 32.1 Å². The Morgan fingerprint density at radius 1 is 1.28 bits per heavy atom. The minimum absolute atomic E-state index is 0. The second kappa shape index (κ2) is 12.9. The Kier molecular flexibility index (Phi) is 11.7. The molecule has 1 aliphatic heterocycles. The third-order valence-corrected chi connectivity index (χ3v) is 5.72. The van der Waals surface area contributed by atoms with Gasteiger partial charge < -0.3 is 15.0 Å². The van der Waals surface area contributed by atoms with Crippen LogP contribution in [-0.4, -0.2) is 89.2 Å². The van der Waals surface area contributed by atoms with Crippen molar-refractivity contribution in [3.63, 3.8) is 0 Å². The molecule has 0 saturated carbocycles. The average molecular weight is 563 g/mol. The van der Waals surface area contributed by atoms with Gasteiger partial charge in [0.15, 0.2) is 5.96 Å². The van der Waals surface area contributed by atoms with E-state index in [9.17, 15) is 12.8 Å². The molecule has 0 bridgehead atoms. The van der Waals surface area contributed by atoms with Crippen molar-refractivity contribution in [2.24, 2.45) is 4.99 Å². The molecule has 0 unspecified atom stereocenters. The number of ether oxygens (including phenoxy) is 1. The Morgan fingerprint density at radius 2 is 1.97 bits per heavy atom. The zero-order valence-electron chi connectivity index (χ0n) is 16.7. The maximum Gasteiger partial charge on any atom is 0.193 e. The second-order valence-electron chi connectivity index (χ2n) is 6.68. The van der Waals surface area contributed by atoms with Crippen LogP contribution in [0.3, 0.4) is 0 Å². The quantitative estimate of drug-likeness (QED) is 0.226. The highest BCUT2D eigenvalue weighted by Gasteiger charge is 2.21. The van der Waals surface area contributed by atoms with Crippen LogP contribution in [0.15, 0.2) is 23.2 Å². The zero-order chi connectivity index (χ0) is 20.6. The third kappa shape index (κ3) is 9.33. The second-order valence-corrected chi connectivity index (χ2v) is 9.35. The van der Waals surface area contributed by atoms with Crippen molar-refractivity contribution in [3.05, 3.63) is 34.6 Å². The van der Waals surface area contributed by atoms with Crippen LogP contribution in [0.1, 0.15) is 5.56 Å². The molecule has 7 nitrogen and oxygen atoms in total. The lowest BCUT2D eigenvalue weighted by molar-refractivity contribution is 0.150. The summed E-state index contributed by atoms with van der Waals surface area (Å²) in [4.78, 5) is 8.59. The first-order chi connectivity index (χ1) is 13.3. The number of benzene rings is 1. The summed E-state index contributed by atoms with van der Waals surface area (Å²) in [6.07, 6.45) is 1.19. The van der Waals surface area contributed by atoms with Crippen molar-refractivity contribution in [1.29, 1.82) is 0 Å². The van der Waals surface area contributed by atoms with Gasteiger partial charge in [-0.15, -0.1) is 24.0 Å². The fraction of sp³-hybridized carbons (Fsp3) is 0.611. The third-order valence-electron chi connectivity index (χ3n) is 4.46. The molecular formula is C18H29ClFIN4O3S. The van der Waals surface area contributed by atoms with Crippen molar-refractivity contribution in [1.82, 2.24) is 15.1 Å². The topological polar surface area (TPSA) is 74.2 Å². The summed E-state index contributed by atoms with van der Waals surface area (Å²) < 4.78 is 41.4. The summed E-state index contributed by atoms with van der Waals surface area (Å²) in [5.74, 6) is 0.522. The number of rotatable bonds is 8. The Hall–Kier alpha value is -0.690. The molecule has 0 radical (unpaired) electrons. The molecule has 1 aromatic carbocycles. The molecular weight excluding hydrogens is 534 g/mol. The molecule has 0 amide bonds. The van der Waals surface area contributed by atoms with Gasteiger partial charge in [-0.05, 0) is 12.1 Å². The molecule has 0 aromatic heterocycles. The van der Waals surface area contributed by atoms with E-state index in [1.54, 1.807) is 19.2 Å². The van der Waals surface area contributed by atoms with Crippen molar-refractivity contribution < 1.29 is 17.5 Å². The van der Waals surface area contributed by atoms with Gasteiger partial charge in [-0.2, -0.15) is 0 Å². The number of nitrogens with one attached hydrogen (secondary N) is 1.